The Hall–Kier alpha value is -3.96. The number of benzene rings is 4. The summed E-state index contributed by atoms with van der Waals surface area (Å²) >= 11 is 0. The number of fused-ring (bicyclic) bond motifs is 1. The van der Waals surface area contributed by atoms with E-state index in [0.29, 0.717) is 6.42 Å². The maximum atomic E-state index is 15.3. The lowest BCUT2D eigenvalue weighted by molar-refractivity contribution is 0.374. The zero-order valence-corrected chi connectivity index (χ0v) is 23.8. The van der Waals surface area contributed by atoms with Crippen LogP contribution in [0, 0.1) is 65.1 Å². The molecular weight excluding hydrogens is 599 g/mol. The van der Waals surface area contributed by atoms with Crippen LogP contribution in [0.25, 0.3) is 0 Å². The first-order valence-electron chi connectivity index (χ1n) is 13.6. The predicted molar refractivity (Wildman–Crippen MR) is 148 cm³/mol. The molecule has 1 heterocycles. The molecule has 4 aromatic rings. The normalized spacial score (nSPS) is 15.9. The fourth-order valence-corrected chi connectivity index (χ4v) is 6.24. The Kier molecular flexibility index (Phi) is 8.01. The molecule has 1 atom stereocenters. The summed E-state index contributed by atoms with van der Waals surface area (Å²) in [5, 5.41) is 0. The molecule has 0 saturated heterocycles. The van der Waals surface area contributed by atoms with Crippen molar-refractivity contribution in [1.29, 1.82) is 0 Å². The van der Waals surface area contributed by atoms with E-state index >= 15 is 17.6 Å². The Bertz CT molecular complexity index is 1680. The number of nitrogens with zero attached hydrogens (tertiary/aromatic N) is 1. The van der Waals surface area contributed by atoms with E-state index in [4.69, 9.17) is 0 Å². The molecule has 44 heavy (non-hydrogen) atoms. The SMILES string of the molecule is Cc1ccc2c(c1)N(Cc1ccccc1B(c1c(F)c(F)c(F)c(F)c1F)c1c(F)c(F)c(F)c(F)c1F)C(C)(C)C[C@H]2C. The topological polar surface area (TPSA) is 3.24 Å². The highest BCUT2D eigenvalue weighted by Gasteiger charge is 2.43. The lowest BCUT2D eigenvalue weighted by Gasteiger charge is -2.48. The molecule has 4 aromatic carbocycles. The van der Waals surface area contributed by atoms with E-state index in [1.807, 2.05) is 50.8 Å². The maximum Gasteiger partial charge on any atom is 0.257 e. The van der Waals surface area contributed by atoms with Crippen molar-refractivity contribution in [1.82, 2.24) is 0 Å². The third kappa shape index (κ3) is 4.92. The molecule has 12 heteroatoms. The number of hydrogen-bond acceptors (Lipinski definition) is 1. The quantitative estimate of drug-likeness (QED) is 0.0985. The summed E-state index contributed by atoms with van der Waals surface area (Å²) in [7, 11) is 0. The van der Waals surface area contributed by atoms with Crippen LogP contribution < -0.4 is 21.3 Å². The van der Waals surface area contributed by atoms with E-state index in [2.05, 4.69) is 0 Å². The van der Waals surface area contributed by atoms with Crippen LogP contribution in [0.4, 0.5) is 49.6 Å². The summed E-state index contributed by atoms with van der Waals surface area (Å²) in [6.07, 6.45) is 0.629. The minimum atomic E-state index is -2.63. The van der Waals surface area contributed by atoms with Crippen molar-refractivity contribution in [3.8, 4) is 0 Å². The molecule has 5 rings (SSSR count). The van der Waals surface area contributed by atoms with Gasteiger partial charge in [0.15, 0.2) is 58.2 Å². The van der Waals surface area contributed by atoms with Crippen LogP contribution in [0.15, 0.2) is 42.5 Å². The molecule has 230 valence electrons. The van der Waals surface area contributed by atoms with Gasteiger partial charge in [0.2, 0.25) is 0 Å². The summed E-state index contributed by atoms with van der Waals surface area (Å²) in [6.45, 7) is 4.98. The standard InChI is InChI=1S/C32H24BF10N/c1-14-9-10-17-15(2)12-32(3,4)44(19(17)11-14)13-16-7-5-6-8-18(16)33(20-22(34)26(38)30(42)27(39)23(20)35)21-24(36)28(40)31(43)29(41)25(21)37/h5-11,15H,12-13H2,1-4H3/t15-/m1/s1. The number of halogens is 10. The molecule has 1 aliphatic heterocycles. The zero-order chi connectivity index (χ0) is 32.4. The van der Waals surface area contributed by atoms with Gasteiger partial charge in [-0.15, -0.1) is 0 Å². The third-order valence-corrected chi connectivity index (χ3v) is 8.30. The average molecular weight is 623 g/mol. The van der Waals surface area contributed by atoms with E-state index in [-0.39, 0.29) is 18.0 Å². The van der Waals surface area contributed by atoms with E-state index in [9.17, 15) is 26.3 Å². The highest BCUT2D eigenvalue weighted by molar-refractivity contribution is 6.96. The van der Waals surface area contributed by atoms with Gasteiger partial charge in [0, 0.05) is 28.7 Å². The molecule has 0 aliphatic carbocycles. The smallest absolute Gasteiger partial charge is 0.257 e. The van der Waals surface area contributed by atoms with Gasteiger partial charge in [0.05, 0.1) is 0 Å². The van der Waals surface area contributed by atoms with Crippen molar-refractivity contribution in [2.75, 3.05) is 4.90 Å². The van der Waals surface area contributed by atoms with Gasteiger partial charge in [-0.3, -0.25) is 0 Å². The molecular formula is C32H24BF10N. The highest BCUT2D eigenvalue weighted by atomic mass is 19.2. The molecule has 0 spiro atoms. The van der Waals surface area contributed by atoms with Gasteiger partial charge in [-0.2, -0.15) is 0 Å². The Morgan fingerprint density at radius 2 is 1.14 bits per heavy atom. The first kappa shape index (κ1) is 31.5. The third-order valence-electron chi connectivity index (χ3n) is 8.30. The van der Waals surface area contributed by atoms with Crippen molar-refractivity contribution in [3.63, 3.8) is 0 Å². The van der Waals surface area contributed by atoms with Gasteiger partial charge in [-0.05, 0) is 55.9 Å². The number of aryl methyl sites for hydroxylation is 1. The second-order valence-corrected chi connectivity index (χ2v) is 11.7. The molecule has 0 saturated carbocycles. The van der Waals surface area contributed by atoms with Crippen LogP contribution >= 0.6 is 0 Å². The van der Waals surface area contributed by atoms with Gasteiger partial charge in [0.1, 0.15) is 0 Å². The molecule has 0 fully saturated rings. The van der Waals surface area contributed by atoms with E-state index in [1.165, 1.54) is 18.2 Å². The number of hydrogen-bond donors (Lipinski definition) is 0. The molecule has 1 nitrogen and oxygen atoms in total. The Labute approximate surface area is 247 Å². The summed E-state index contributed by atoms with van der Waals surface area (Å²) < 4.78 is 147. The number of anilines is 1. The van der Waals surface area contributed by atoms with Gasteiger partial charge in [0.25, 0.3) is 6.71 Å². The Morgan fingerprint density at radius 1 is 0.682 bits per heavy atom. The lowest BCUT2D eigenvalue weighted by atomic mass is 9.35. The van der Waals surface area contributed by atoms with Crippen LogP contribution in [-0.2, 0) is 6.54 Å². The van der Waals surface area contributed by atoms with Crippen molar-refractivity contribution >= 4 is 28.8 Å². The van der Waals surface area contributed by atoms with Gasteiger partial charge >= 0.3 is 0 Å². The summed E-state index contributed by atoms with van der Waals surface area (Å²) in [5.74, 6) is -24.7. The molecule has 0 unspecified atom stereocenters. The van der Waals surface area contributed by atoms with E-state index < -0.39 is 86.8 Å². The predicted octanol–water partition coefficient (Wildman–Crippen LogP) is 7.19. The molecule has 0 amide bonds. The van der Waals surface area contributed by atoms with E-state index in [1.54, 1.807) is 0 Å². The number of rotatable bonds is 5. The first-order chi connectivity index (χ1) is 20.6. The highest BCUT2D eigenvalue weighted by Crippen LogP contribution is 2.44. The fraction of sp³-hybridized carbons (Fsp3) is 0.250. The van der Waals surface area contributed by atoms with Gasteiger partial charge in [-0.1, -0.05) is 48.8 Å². The monoisotopic (exact) mass is 623 g/mol. The molecule has 0 N–H and O–H groups in total. The van der Waals surface area contributed by atoms with Crippen LogP contribution in [0.1, 0.15) is 49.8 Å². The summed E-state index contributed by atoms with van der Waals surface area (Å²) in [6, 6.07) is 11.0. The first-order valence-corrected chi connectivity index (χ1v) is 13.6. The molecule has 1 aliphatic rings. The lowest BCUT2D eigenvalue weighted by Crippen LogP contribution is -2.59. The van der Waals surface area contributed by atoms with Crippen LogP contribution in [0.2, 0.25) is 0 Å². The van der Waals surface area contributed by atoms with Crippen molar-refractivity contribution < 1.29 is 43.9 Å². The second kappa shape index (κ2) is 11.2. The summed E-state index contributed by atoms with van der Waals surface area (Å²) in [5.41, 5.74) is -1.83. The van der Waals surface area contributed by atoms with Crippen LogP contribution in [-0.4, -0.2) is 12.3 Å². The minimum Gasteiger partial charge on any atom is -0.362 e. The molecule has 0 radical (unpaired) electrons. The van der Waals surface area contributed by atoms with E-state index in [0.717, 1.165) is 22.9 Å². The Morgan fingerprint density at radius 3 is 1.64 bits per heavy atom. The molecule has 0 aromatic heterocycles. The van der Waals surface area contributed by atoms with Crippen LogP contribution in [0.3, 0.4) is 0 Å². The van der Waals surface area contributed by atoms with Crippen molar-refractivity contribution in [3.05, 3.63) is 117 Å². The maximum absolute atomic E-state index is 15.3. The second-order valence-electron chi connectivity index (χ2n) is 11.7. The minimum absolute atomic E-state index is 0.0838. The van der Waals surface area contributed by atoms with Crippen LogP contribution in [0.5, 0.6) is 0 Å². The van der Waals surface area contributed by atoms with Gasteiger partial charge < -0.3 is 4.90 Å². The zero-order valence-electron chi connectivity index (χ0n) is 23.8. The average Bonchev–Trinajstić information content (AvgIpc) is 2.98. The molecule has 0 bridgehead atoms. The van der Waals surface area contributed by atoms with Gasteiger partial charge in [-0.25, -0.2) is 43.9 Å². The fourth-order valence-electron chi connectivity index (χ4n) is 6.24. The largest absolute Gasteiger partial charge is 0.362 e. The summed E-state index contributed by atoms with van der Waals surface area (Å²) in [4.78, 5) is 1.92. The van der Waals surface area contributed by atoms with Crippen molar-refractivity contribution in [2.24, 2.45) is 0 Å². The Balaban J connectivity index is 1.83. The van der Waals surface area contributed by atoms with Crippen molar-refractivity contribution in [2.45, 2.75) is 52.1 Å².